The van der Waals surface area contributed by atoms with Gasteiger partial charge in [-0.25, -0.2) is 0 Å². The number of nitrogens with zero attached hydrogens (tertiary/aromatic N) is 4. The molecule has 1 aliphatic rings. The van der Waals surface area contributed by atoms with Crippen LogP contribution in [-0.2, 0) is 4.74 Å². The largest absolute Gasteiger partial charge is 0.378 e. The molecule has 0 saturated carbocycles. The first-order valence-corrected chi connectivity index (χ1v) is 9.83. The average Bonchev–Trinajstić information content (AvgIpc) is 2.68. The van der Waals surface area contributed by atoms with Crippen LogP contribution in [0, 0.1) is 20.8 Å². The van der Waals surface area contributed by atoms with E-state index in [2.05, 4.69) is 81.6 Å². The number of benzene rings is 2. The van der Waals surface area contributed by atoms with Gasteiger partial charge in [0.2, 0.25) is 17.8 Å². The van der Waals surface area contributed by atoms with E-state index in [-0.39, 0.29) is 12.4 Å². The van der Waals surface area contributed by atoms with Crippen molar-refractivity contribution in [2.75, 3.05) is 41.8 Å². The molecule has 0 atom stereocenters. The topological polar surface area (TPSA) is 75.2 Å². The molecule has 0 amide bonds. The molecular weight excluding hydrogens is 400 g/mol. The lowest BCUT2D eigenvalue weighted by Crippen LogP contribution is -2.37. The minimum Gasteiger partial charge on any atom is -0.378 e. The fourth-order valence-corrected chi connectivity index (χ4v) is 3.41. The Labute approximate surface area is 183 Å². The first kappa shape index (κ1) is 21.8. The molecule has 30 heavy (non-hydrogen) atoms. The maximum Gasteiger partial charge on any atom is 0.233 e. The second-order valence-corrected chi connectivity index (χ2v) is 7.38. The van der Waals surface area contributed by atoms with Gasteiger partial charge in [0.25, 0.3) is 0 Å². The summed E-state index contributed by atoms with van der Waals surface area (Å²) in [5.74, 6) is 1.67. The summed E-state index contributed by atoms with van der Waals surface area (Å²) in [6, 6.07) is 14.4. The highest BCUT2D eigenvalue weighted by atomic mass is 35.5. The number of rotatable bonds is 5. The summed E-state index contributed by atoms with van der Waals surface area (Å²) in [6.07, 6.45) is 0. The van der Waals surface area contributed by atoms with Crippen LogP contribution in [0.5, 0.6) is 0 Å². The number of nitrogens with one attached hydrogen (secondary N) is 2. The second kappa shape index (κ2) is 9.73. The van der Waals surface area contributed by atoms with Crippen LogP contribution < -0.4 is 15.5 Å². The molecule has 7 nitrogen and oxygen atoms in total. The van der Waals surface area contributed by atoms with Crippen molar-refractivity contribution in [3.63, 3.8) is 0 Å². The van der Waals surface area contributed by atoms with Gasteiger partial charge in [0, 0.05) is 24.5 Å². The molecule has 0 radical (unpaired) electrons. The molecule has 0 unspecified atom stereocenters. The van der Waals surface area contributed by atoms with Crippen LogP contribution in [0.25, 0.3) is 0 Å². The fraction of sp³-hybridized carbons (Fsp3) is 0.318. The van der Waals surface area contributed by atoms with Gasteiger partial charge >= 0.3 is 0 Å². The minimum atomic E-state index is 0. The molecule has 1 fully saturated rings. The van der Waals surface area contributed by atoms with Crippen molar-refractivity contribution in [3.8, 4) is 0 Å². The van der Waals surface area contributed by atoms with E-state index in [4.69, 9.17) is 4.74 Å². The van der Waals surface area contributed by atoms with Crippen LogP contribution in [-0.4, -0.2) is 41.3 Å². The van der Waals surface area contributed by atoms with E-state index in [0.717, 1.165) is 24.5 Å². The highest BCUT2D eigenvalue weighted by Gasteiger charge is 2.17. The molecule has 2 heterocycles. The van der Waals surface area contributed by atoms with Crippen molar-refractivity contribution in [3.05, 3.63) is 59.2 Å². The number of hydrogen-bond donors (Lipinski definition) is 2. The Morgan fingerprint density at radius 1 is 0.767 bits per heavy atom. The zero-order chi connectivity index (χ0) is 20.2. The Hall–Kier alpha value is -2.90. The second-order valence-electron chi connectivity index (χ2n) is 7.38. The number of ether oxygens (including phenoxy) is 1. The van der Waals surface area contributed by atoms with Crippen molar-refractivity contribution in [2.24, 2.45) is 0 Å². The van der Waals surface area contributed by atoms with Crippen LogP contribution in [0.1, 0.15) is 16.7 Å². The maximum atomic E-state index is 5.47. The average molecular weight is 427 g/mol. The van der Waals surface area contributed by atoms with Gasteiger partial charge in [-0.2, -0.15) is 15.0 Å². The SMILES string of the molecule is Cc1cccc(Nc2nc(Nc3cc(C)cc(C)c3)nc(N3CCOCC3)n2)c1.Cl. The molecule has 0 aliphatic carbocycles. The Morgan fingerprint density at radius 3 is 2.00 bits per heavy atom. The van der Waals surface area contributed by atoms with Gasteiger partial charge in [-0.1, -0.05) is 18.2 Å². The zero-order valence-electron chi connectivity index (χ0n) is 17.5. The molecule has 158 valence electrons. The molecular formula is C22H27ClN6O. The smallest absolute Gasteiger partial charge is 0.233 e. The molecule has 3 aromatic rings. The summed E-state index contributed by atoms with van der Waals surface area (Å²) >= 11 is 0. The van der Waals surface area contributed by atoms with Crippen molar-refractivity contribution in [1.29, 1.82) is 0 Å². The number of anilines is 5. The predicted molar refractivity (Wildman–Crippen MR) is 124 cm³/mol. The van der Waals surface area contributed by atoms with E-state index >= 15 is 0 Å². The number of halogens is 1. The third kappa shape index (κ3) is 5.58. The van der Waals surface area contributed by atoms with Gasteiger partial charge in [0.15, 0.2) is 0 Å². The Balaban J connectivity index is 0.00000256. The molecule has 0 spiro atoms. The van der Waals surface area contributed by atoms with E-state index in [9.17, 15) is 0 Å². The van der Waals surface area contributed by atoms with Crippen molar-refractivity contribution in [1.82, 2.24) is 15.0 Å². The highest BCUT2D eigenvalue weighted by molar-refractivity contribution is 5.85. The molecule has 1 aliphatic heterocycles. The van der Waals surface area contributed by atoms with Gasteiger partial charge in [0.05, 0.1) is 13.2 Å². The normalized spacial score (nSPS) is 13.5. The lowest BCUT2D eigenvalue weighted by atomic mass is 10.1. The fourth-order valence-electron chi connectivity index (χ4n) is 3.41. The quantitative estimate of drug-likeness (QED) is 0.620. The van der Waals surface area contributed by atoms with Crippen molar-refractivity contribution in [2.45, 2.75) is 20.8 Å². The summed E-state index contributed by atoms with van der Waals surface area (Å²) < 4.78 is 5.47. The van der Waals surface area contributed by atoms with E-state index in [1.165, 1.54) is 16.7 Å². The van der Waals surface area contributed by atoms with Crippen LogP contribution in [0.2, 0.25) is 0 Å². The third-order valence-corrected chi connectivity index (χ3v) is 4.67. The first-order chi connectivity index (χ1) is 14.0. The lowest BCUT2D eigenvalue weighted by Gasteiger charge is -2.27. The Bertz CT molecular complexity index is 986. The maximum absolute atomic E-state index is 5.47. The number of morpholine rings is 1. The Kier molecular flexibility index (Phi) is 7.07. The summed E-state index contributed by atoms with van der Waals surface area (Å²) in [7, 11) is 0. The number of hydrogen-bond acceptors (Lipinski definition) is 7. The first-order valence-electron chi connectivity index (χ1n) is 9.83. The minimum absolute atomic E-state index is 0. The van der Waals surface area contributed by atoms with Gasteiger partial charge < -0.3 is 20.3 Å². The van der Waals surface area contributed by atoms with Crippen LogP contribution in [0.3, 0.4) is 0 Å². The monoisotopic (exact) mass is 426 g/mol. The van der Waals surface area contributed by atoms with E-state index in [1.807, 2.05) is 12.1 Å². The van der Waals surface area contributed by atoms with Gasteiger partial charge in [0.1, 0.15) is 0 Å². The zero-order valence-corrected chi connectivity index (χ0v) is 18.3. The van der Waals surface area contributed by atoms with E-state index in [0.29, 0.717) is 31.1 Å². The van der Waals surface area contributed by atoms with Crippen LogP contribution in [0.15, 0.2) is 42.5 Å². The summed E-state index contributed by atoms with van der Waals surface area (Å²) in [5.41, 5.74) is 5.46. The number of aryl methyl sites for hydroxylation is 3. The van der Waals surface area contributed by atoms with Gasteiger partial charge in [-0.3, -0.25) is 0 Å². The summed E-state index contributed by atoms with van der Waals surface area (Å²) in [4.78, 5) is 16.1. The summed E-state index contributed by atoms with van der Waals surface area (Å²) in [5, 5.41) is 6.66. The molecule has 2 aromatic carbocycles. The van der Waals surface area contributed by atoms with Gasteiger partial charge in [-0.15, -0.1) is 12.4 Å². The van der Waals surface area contributed by atoms with E-state index in [1.54, 1.807) is 0 Å². The van der Waals surface area contributed by atoms with E-state index < -0.39 is 0 Å². The number of aromatic nitrogens is 3. The predicted octanol–water partition coefficient (Wildman–Crippen LogP) is 4.54. The van der Waals surface area contributed by atoms with Gasteiger partial charge in [-0.05, 0) is 61.7 Å². The van der Waals surface area contributed by atoms with Crippen LogP contribution in [0.4, 0.5) is 29.2 Å². The third-order valence-electron chi connectivity index (χ3n) is 4.67. The molecule has 1 saturated heterocycles. The molecule has 1 aromatic heterocycles. The molecule has 2 N–H and O–H groups in total. The van der Waals surface area contributed by atoms with Crippen molar-refractivity contribution >= 4 is 41.6 Å². The molecule has 4 rings (SSSR count). The lowest BCUT2D eigenvalue weighted by molar-refractivity contribution is 0.122. The Morgan fingerprint density at radius 2 is 1.37 bits per heavy atom. The van der Waals surface area contributed by atoms with Crippen molar-refractivity contribution < 1.29 is 4.74 Å². The molecule has 8 heteroatoms. The standard InChI is InChI=1S/C22H26N6O.ClH/c1-15-5-4-6-18(12-15)23-20-25-21(24-19-13-16(2)11-17(3)14-19)27-22(26-20)28-7-9-29-10-8-28;/h4-6,11-14H,7-10H2,1-3H3,(H2,23,24,25,26,27);1H. The molecule has 0 bridgehead atoms. The highest BCUT2D eigenvalue weighted by Crippen LogP contribution is 2.22. The summed E-state index contributed by atoms with van der Waals surface area (Å²) in [6.45, 7) is 9.09. The van der Waals surface area contributed by atoms with Crippen LogP contribution >= 0.6 is 12.4 Å².